The number of aromatic amines is 1. The van der Waals surface area contributed by atoms with Crippen molar-refractivity contribution in [3.05, 3.63) is 29.6 Å². The van der Waals surface area contributed by atoms with E-state index in [4.69, 9.17) is 11.0 Å². The van der Waals surface area contributed by atoms with Gasteiger partial charge in [-0.2, -0.15) is 14.7 Å². The van der Waals surface area contributed by atoms with Gasteiger partial charge in [0, 0.05) is 25.8 Å². The molecule has 0 amide bonds. The van der Waals surface area contributed by atoms with E-state index in [1.165, 1.54) is 10.5 Å². The molecular weight excluding hydrogens is 354 g/mol. The van der Waals surface area contributed by atoms with Crippen LogP contribution in [0, 0.1) is 11.3 Å². The number of sulfonamides is 1. The van der Waals surface area contributed by atoms with Crippen molar-refractivity contribution >= 4 is 21.7 Å². The highest BCUT2D eigenvalue weighted by Crippen LogP contribution is 2.21. The zero-order chi connectivity index (χ0) is 18.6. The lowest BCUT2D eigenvalue weighted by atomic mass is 10.1. The zero-order valence-corrected chi connectivity index (χ0v) is 15.1. The molecule has 0 radical (unpaired) electrons. The van der Waals surface area contributed by atoms with Crippen LogP contribution in [0.15, 0.2) is 23.2 Å². The summed E-state index contributed by atoms with van der Waals surface area (Å²) in [7, 11) is -3.43. The van der Waals surface area contributed by atoms with E-state index in [0.29, 0.717) is 43.1 Å². The quantitative estimate of drug-likeness (QED) is 0.615. The van der Waals surface area contributed by atoms with Gasteiger partial charge >= 0.3 is 0 Å². The summed E-state index contributed by atoms with van der Waals surface area (Å²) in [5.74, 6) is 0.821. The Bertz CT molecular complexity index is 894. The molecule has 2 aromatic rings. The summed E-state index contributed by atoms with van der Waals surface area (Å²) in [6.45, 7) is 1.77. The lowest BCUT2D eigenvalue weighted by Gasteiger charge is -2.15. The second-order valence-electron chi connectivity index (χ2n) is 6.09. The van der Waals surface area contributed by atoms with Crippen LogP contribution in [0.5, 0.6) is 0 Å². The lowest BCUT2D eigenvalue weighted by molar-refractivity contribution is 0.477. The molecule has 0 atom stereocenters. The van der Waals surface area contributed by atoms with Gasteiger partial charge in [0.2, 0.25) is 10.0 Å². The monoisotopic (exact) mass is 375 g/mol. The van der Waals surface area contributed by atoms with Crippen molar-refractivity contribution in [1.82, 2.24) is 19.5 Å². The van der Waals surface area contributed by atoms with Crippen LogP contribution in [-0.4, -0.2) is 47.5 Å². The molecule has 10 heteroatoms. The Balaban J connectivity index is 1.52. The maximum atomic E-state index is 12.4. The molecule has 0 aliphatic carbocycles. The molecule has 0 unspecified atom stereocenters. The minimum Gasteiger partial charge on any atom is -0.381 e. The molecule has 138 valence electrons. The van der Waals surface area contributed by atoms with Gasteiger partial charge < -0.3 is 11.1 Å². The zero-order valence-electron chi connectivity index (χ0n) is 14.3. The largest absolute Gasteiger partial charge is 0.381 e. The summed E-state index contributed by atoms with van der Waals surface area (Å²) in [6, 6.07) is 5.27. The normalized spacial score (nSPS) is 15.0. The van der Waals surface area contributed by atoms with Crippen molar-refractivity contribution in [3.63, 3.8) is 0 Å². The van der Waals surface area contributed by atoms with Gasteiger partial charge in [0.05, 0.1) is 5.69 Å². The van der Waals surface area contributed by atoms with Crippen LogP contribution in [0.1, 0.15) is 30.5 Å². The van der Waals surface area contributed by atoms with Crippen molar-refractivity contribution in [2.75, 3.05) is 30.7 Å². The van der Waals surface area contributed by atoms with Gasteiger partial charge in [-0.1, -0.05) is 0 Å². The van der Waals surface area contributed by atoms with E-state index < -0.39 is 10.0 Å². The molecule has 0 bridgehead atoms. The highest BCUT2D eigenvalue weighted by molar-refractivity contribution is 7.89. The highest BCUT2D eigenvalue weighted by atomic mass is 32.2. The first kappa shape index (κ1) is 18.2. The first-order valence-corrected chi connectivity index (χ1v) is 9.89. The number of pyridine rings is 1. The van der Waals surface area contributed by atoms with Crippen molar-refractivity contribution in [1.29, 1.82) is 5.26 Å². The van der Waals surface area contributed by atoms with Crippen LogP contribution in [0.2, 0.25) is 0 Å². The summed E-state index contributed by atoms with van der Waals surface area (Å²) < 4.78 is 26.4. The fraction of sp³-hybridized carbons (Fsp3) is 0.438. The molecule has 1 fully saturated rings. The van der Waals surface area contributed by atoms with Crippen LogP contribution in [-0.2, 0) is 16.4 Å². The van der Waals surface area contributed by atoms with E-state index >= 15 is 0 Å². The van der Waals surface area contributed by atoms with Crippen LogP contribution in [0.3, 0.4) is 0 Å². The molecule has 3 rings (SSSR count). The second kappa shape index (κ2) is 7.72. The summed E-state index contributed by atoms with van der Waals surface area (Å²) in [5, 5.41) is 18.8. The standard InChI is InChI=1S/C16H21N7O2S/c17-10-13-14(21-22-16(13)18)4-3-7-19-15-6-5-12(11-20-15)26(24,25)23-8-1-2-9-23/h5-6,11H,1-4,7-9H2,(H,19,20)(H3,18,21,22). The Labute approximate surface area is 152 Å². The summed E-state index contributed by atoms with van der Waals surface area (Å²) in [5.41, 5.74) is 6.70. The molecule has 1 saturated heterocycles. The maximum Gasteiger partial charge on any atom is 0.244 e. The number of rotatable bonds is 7. The SMILES string of the molecule is N#Cc1c(N)n[nH]c1CCCNc1ccc(S(=O)(=O)N2CCCC2)cn1. The van der Waals surface area contributed by atoms with Crippen LogP contribution in [0.25, 0.3) is 0 Å². The molecule has 1 aliphatic rings. The second-order valence-corrected chi connectivity index (χ2v) is 8.03. The fourth-order valence-corrected chi connectivity index (χ4v) is 4.36. The Morgan fingerprint density at radius 1 is 1.35 bits per heavy atom. The van der Waals surface area contributed by atoms with Crippen LogP contribution >= 0.6 is 0 Å². The smallest absolute Gasteiger partial charge is 0.244 e. The van der Waals surface area contributed by atoms with Gasteiger partial charge in [-0.05, 0) is 37.8 Å². The Hall–Kier alpha value is -2.64. The number of nitrogen functional groups attached to an aromatic ring is 1. The maximum absolute atomic E-state index is 12.4. The number of nitriles is 1. The van der Waals surface area contributed by atoms with E-state index in [2.05, 4.69) is 20.5 Å². The Kier molecular flexibility index (Phi) is 5.39. The van der Waals surface area contributed by atoms with Crippen molar-refractivity contribution < 1.29 is 8.42 Å². The third kappa shape index (κ3) is 3.79. The number of anilines is 2. The van der Waals surface area contributed by atoms with Crippen LogP contribution < -0.4 is 11.1 Å². The minimum absolute atomic E-state index is 0.215. The third-order valence-electron chi connectivity index (χ3n) is 4.33. The van der Waals surface area contributed by atoms with E-state index in [1.54, 1.807) is 12.1 Å². The molecule has 1 aliphatic heterocycles. The number of aromatic nitrogens is 3. The third-order valence-corrected chi connectivity index (χ3v) is 6.21. The summed E-state index contributed by atoms with van der Waals surface area (Å²) >= 11 is 0. The highest BCUT2D eigenvalue weighted by Gasteiger charge is 2.27. The van der Waals surface area contributed by atoms with E-state index in [9.17, 15) is 8.42 Å². The minimum atomic E-state index is -3.43. The molecule has 9 nitrogen and oxygen atoms in total. The number of H-pyrrole nitrogens is 1. The topological polar surface area (TPSA) is 141 Å². The fourth-order valence-electron chi connectivity index (χ4n) is 2.90. The van der Waals surface area contributed by atoms with Gasteiger partial charge in [-0.3, -0.25) is 5.10 Å². The number of aryl methyl sites for hydroxylation is 1. The predicted molar refractivity (Wildman–Crippen MR) is 96.8 cm³/mol. The van der Waals surface area contributed by atoms with Gasteiger partial charge in [0.15, 0.2) is 5.82 Å². The first-order chi connectivity index (χ1) is 12.5. The molecule has 26 heavy (non-hydrogen) atoms. The average Bonchev–Trinajstić information content (AvgIpc) is 3.29. The summed E-state index contributed by atoms with van der Waals surface area (Å²) in [6.07, 6.45) is 4.57. The van der Waals surface area contributed by atoms with Gasteiger partial charge in [-0.15, -0.1) is 0 Å². The number of hydrogen-bond acceptors (Lipinski definition) is 7. The van der Waals surface area contributed by atoms with Crippen molar-refractivity contribution in [3.8, 4) is 6.07 Å². The van der Waals surface area contributed by atoms with Crippen molar-refractivity contribution in [2.24, 2.45) is 0 Å². The average molecular weight is 375 g/mol. The van der Waals surface area contributed by atoms with Crippen molar-refractivity contribution in [2.45, 2.75) is 30.6 Å². The number of nitrogens with zero attached hydrogens (tertiary/aromatic N) is 4. The van der Waals surface area contributed by atoms with Gasteiger partial charge in [0.25, 0.3) is 0 Å². The van der Waals surface area contributed by atoms with E-state index in [0.717, 1.165) is 19.3 Å². The van der Waals surface area contributed by atoms with E-state index in [-0.39, 0.29) is 10.7 Å². The molecule has 3 heterocycles. The number of nitrogens with two attached hydrogens (primary N) is 1. The molecule has 4 N–H and O–H groups in total. The predicted octanol–water partition coefficient (Wildman–Crippen LogP) is 1.09. The Morgan fingerprint density at radius 3 is 2.77 bits per heavy atom. The molecule has 0 saturated carbocycles. The summed E-state index contributed by atoms with van der Waals surface area (Å²) in [4.78, 5) is 4.41. The molecule has 0 aromatic carbocycles. The number of nitrogens with one attached hydrogen (secondary N) is 2. The molecule has 0 spiro atoms. The Morgan fingerprint density at radius 2 is 2.12 bits per heavy atom. The van der Waals surface area contributed by atoms with Gasteiger partial charge in [0.1, 0.15) is 22.3 Å². The molecular formula is C16H21N7O2S. The number of hydrogen-bond donors (Lipinski definition) is 3. The first-order valence-electron chi connectivity index (χ1n) is 8.45. The van der Waals surface area contributed by atoms with Gasteiger partial charge in [-0.25, -0.2) is 13.4 Å². The van der Waals surface area contributed by atoms with Crippen LogP contribution in [0.4, 0.5) is 11.6 Å². The lowest BCUT2D eigenvalue weighted by Crippen LogP contribution is -2.27. The molecule has 2 aromatic heterocycles. The van der Waals surface area contributed by atoms with E-state index in [1.807, 2.05) is 6.07 Å².